The van der Waals surface area contributed by atoms with Crippen molar-refractivity contribution >= 4 is 22.6 Å². The lowest BCUT2D eigenvalue weighted by atomic mass is 10.0. The number of hydrogen-bond donors (Lipinski definition) is 1. The minimum Gasteiger partial charge on any atom is -0.497 e. The van der Waals surface area contributed by atoms with Gasteiger partial charge in [-0.25, -0.2) is 9.37 Å². The van der Waals surface area contributed by atoms with Gasteiger partial charge in [0.2, 0.25) is 5.91 Å². The van der Waals surface area contributed by atoms with Crippen molar-refractivity contribution in [3.05, 3.63) is 59.4 Å². The number of carbonyl (C=O) groups is 1. The quantitative estimate of drug-likeness (QED) is 0.440. The molecule has 1 unspecified atom stereocenters. The summed E-state index contributed by atoms with van der Waals surface area (Å²) < 4.78 is 30.9. The Hall–Kier alpha value is -3.43. The van der Waals surface area contributed by atoms with Crippen molar-refractivity contribution < 1.29 is 28.5 Å². The number of anilines is 1. The number of amides is 1. The van der Waals surface area contributed by atoms with Crippen LogP contribution in [0.1, 0.15) is 36.8 Å². The number of rotatable bonds is 9. The largest absolute Gasteiger partial charge is 0.497 e. The van der Waals surface area contributed by atoms with Crippen molar-refractivity contribution in [2.24, 2.45) is 0 Å². The Balaban J connectivity index is 1.48. The molecule has 1 aromatic heterocycles. The summed E-state index contributed by atoms with van der Waals surface area (Å²) in [5.74, 6) is 1.61. The van der Waals surface area contributed by atoms with Crippen molar-refractivity contribution in [2.45, 2.75) is 50.9 Å². The summed E-state index contributed by atoms with van der Waals surface area (Å²) in [5.41, 5.74) is 2.20. The number of pyridine rings is 1. The average Bonchev–Trinajstić information content (AvgIpc) is 3.46. The topological polar surface area (TPSA) is 84.4 Å². The maximum absolute atomic E-state index is 14.1. The maximum atomic E-state index is 14.1. The minimum absolute atomic E-state index is 0.0303. The first-order chi connectivity index (χ1) is 18.9. The fourth-order valence-electron chi connectivity index (χ4n) is 5.43. The summed E-state index contributed by atoms with van der Waals surface area (Å²) in [6.45, 7) is 2.77. The third kappa shape index (κ3) is 6.42. The number of hydrogen-bond acceptors (Lipinski definition) is 7. The van der Waals surface area contributed by atoms with Gasteiger partial charge in [-0.15, -0.1) is 0 Å². The molecule has 2 aliphatic heterocycles. The fourth-order valence-corrected chi connectivity index (χ4v) is 5.43. The molecule has 0 spiro atoms. The number of aliphatic hydroxyl groups excluding tert-OH is 1. The zero-order valence-electron chi connectivity index (χ0n) is 22.6. The molecule has 8 nitrogen and oxygen atoms in total. The summed E-state index contributed by atoms with van der Waals surface area (Å²) in [5, 5.41) is 10.9. The summed E-state index contributed by atoms with van der Waals surface area (Å²) in [4.78, 5) is 22.7. The molecule has 5 rings (SSSR count). The van der Waals surface area contributed by atoms with Crippen LogP contribution in [-0.4, -0.2) is 73.6 Å². The number of aromatic nitrogens is 1. The van der Waals surface area contributed by atoms with E-state index in [1.165, 1.54) is 12.1 Å². The van der Waals surface area contributed by atoms with Crippen LogP contribution in [0.25, 0.3) is 10.9 Å². The van der Waals surface area contributed by atoms with Gasteiger partial charge >= 0.3 is 0 Å². The van der Waals surface area contributed by atoms with Crippen LogP contribution in [0.5, 0.6) is 11.5 Å². The number of aliphatic hydroxyl groups is 1. The summed E-state index contributed by atoms with van der Waals surface area (Å²) in [7, 11) is 3.18. The van der Waals surface area contributed by atoms with E-state index < -0.39 is 0 Å². The van der Waals surface area contributed by atoms with E-state index in [9.17, 15) is 14.3 Å². The normalized spacial score (nSPS) is 17.9. The fraction of sp³-hybridized carbons (Fsp3) is 0.467. The van der Waals surface area contributed by atoms with Crippen LogP contribution >= 0.6 is 0 Å². The predicted molar refractivity (Wildman–Crippen MR) is 147 cm³/mol. The summed E-state index contributed by atoms with van der Waals surface area (Å²) >= 11 is 0. The van der Waals surface area contributed by atoms with Gasteiger partial charge in [0.15, 0.2) is 0 Å². The van der Waals surface area contributed by atoms with E-state index >= 15 is 0 Å². The Kier molecular flexibility index (Phi) is 8.47. The average molecular weight is 538 g/mol. The zero-order chi connectivity index (χ0) is 27.4. The minimum atomic E-state index is -0.342. The van der Waals surface area contributed by atoms with E-state index in [0.29, 0.717) is 62.6 Å². The number of nitrogens with zero attached hydrogens (tertiary/aromatic N) is 3. The molecule has 2 saturated heterocycles. The van der Waals surface area contributed by atoms with Crippen LogP contribution in [-0.2, 0) is 22.5 Å². The molecule has 1 atom stereocenters. The number of ether oxygens (including phenoxy) is 3. The highest BCUT2D eigenvalue weighted by atomic mass is 19.1. The number of halogens is 1. The van der Waals surface area contributed by atoms with Crippen molar-refractivity contribution in [2.75, 3.05) is 45.4 Å². The van der Waals surface area contributed by atoms with Gasteiger partial charge in [-0.3, -0.25) is 4.79 Å². The molecular formula is C30H36FN3O5. The molecule has 0 aliphatic carbocycles. The highest BCUT2D eigenvalue weighted by Crippen LogP contribution is 2.30. The summed E-state index contributed by atoms with van der Waals surface area (Å²) in [6.07, 6.45) is 2.92. The standard InChI is InChI=1S/C30H36FN3O5/c1-37-25-7-8-28(38-2)21(15-25)16-29(36)34(19-26-4-3-13-39-26)18-22-14-20-5-6-23(31)17-27(20)32-30(22)33-11-9-24(35)10-12-33/h5-8,14-15,17,24,26,35H,3-4,9-13,16,18-19H2,1-2H3. The molecule has 3 aromatic rings. The number of piperidine rings is 1. The van der Waals surface area contributed by atoms with Crippen LogP contribution in [0.3, 0.4) is 0 Å². The SMILES string of the molecule is COc1ccc(OC)c(CC(=O)N(Cc2cc3ccc(F)cc3nc2N2CCC(O)CC2)CC2CCCO2)c1. The maximum Gasteiger partial charge on any atom is 0.227 e. The highest BCUT2D eigenvalue weighted by Gasteiger charge is 2.27. The van der Waals surface area contributed by atoms with Crippen molar-refractivity contribution in [1.29, 1.82) is 0 Å². The first-order valence-corrected chi connectivity index (χ1v) is 13.6. The molecule has 0 bridgehead atoms. The van der Waals surface area contributed by atoms with Crippen LogP contribution in [0.15, 0.2) is 42.5 Å². The lowest BCUT2D eigenvalue weighted by Gasteiger charge is -2.33. The third-order valence-electron chi connectivity index (χ3n) is 7.59. The first kappa shape index (κ1) is 27.1. The van der Waals surface area contributed by atoms with Crippen molar-refractivity contribution in [3.63, 3.8) is 0 Å². The van der Waals surface area contributed by atoms with E-state index in [1.54, 1.807) is 26.4 Å². The van der Waals surface area contributed by atoms with Gasteiger partial charge in [-0.2, -0.15) is 0 Å². The monoisotopic (exact) mass is 537 g/mol. The van der Waals surface area contributed by atoms with Crippen LogP contribution in [0.2, 0.25) is 0 Å². The molecular weight excluding hydrogens is 501 g/mol. The van der Waals surface area contributed by atoms with Crippen LogP contribution < -0.4 is 14.4 Å². The summed E-state index contributed by atoms with van der Waals surface area (Å²) in [6, 6.07) is 12.0. The molecule has 0 radical (unpaired) electrons. The Morgan fingerprint density at radius 2 is 1.92 bits per heavy atom. The number of benzene rings is 2. The number of fused-ring (bicyclic) bond motifs is 1. The second kappa shape index (κ2) is 12.2. The molecule has 208 valence electrons. The molecule has 1 N–H and O–H groups in total. The molecule has 2 aliphatic rings. The molecule has 1 amide bonds. The molecule has 2 fully saturated rings. The van der Waals surface area contributed by atoms with Gasteiger partial charge < -0.3 is 29.1 Å². The van der Waals surface area contributed by atoms with Gasteiger partial charge in [0, 0.05) is 55.4 Å². The van der Waals surface area contributed by atoms with Gasteiger partial charge in [-0.05, 0) is 62.1 Å². The smallest absolute Gasteiger partial charge is 0.227 e. The van der Waals surface area contributed by atoms with Gasteiger partial charge in [0.25, 0.3) is 0 Å². The Labute approximate surface area is 228 Å². The van der Waals surface area contributed by atoms with E-state index in [2.05, 4.69) is 4.90 Å². The number of methoxy groups -OCH3 is 2. The molecule has 3 heterocycles. The second-order valence-electron chi connectivity index (χ2n) is 10.3. The van der Waals surface area contributed by atoms with E-state index in [1.807, 2.05) is 23.1 Å². The second-order valence-corrected chi connectivity index (χ2v) is 10.3. The third-order valence-corrected chi connectivity index (χ3v) is 7.59. The lowest BCUT2D eigenvalue weighted by Crippen LogP contribution is -2.40. The molecule has 2 aromatic carbocycles. The number of carbonyl (C=O) groups excluding carboxylic acids is 1. The van der Waals surface area contributed by atoms with E-state index in [4.69, 9.17) is 19.2 Å². The lowest BCUT2D eigenvalue weighted by molar-refractivity contribution is -0.132. The highest BCUT2D eigenvalue weighted by molar-refractivity contribution is 5.83. The molecule has 0 saturated carbocycles. The van der Waals surface area contributed by atoms with Gasteiger partial charge in [0.1, 0.15) is 23.1 Å². The van der Waals surface area contributed by atoms with E-state index in [0.717, 1.165) is 35.2 Å². The Morgan fingerprint density at radius 3 is 2.64 bits per heavy atom. The van der Waals surface area contributed by atoms with E-state index in [-0.39, 0.29) is 30.4 Å². The van der Waals surface area contributed by atoms with Crippen molar-refractivity contribution in [1.82, 2.24) is 9.88 Å². The van der Waals surface area contributed by atoms with Crippen LogP contribution in [0, 0.1) is 5.82 Å². The molecule has 39 heavy (non-hydrogen) atoms. The Morgan fingerprint density at radius 1 is 1.10 bits per heavy atom. The predicted octanol–water partition coefficient (Wildman–Crippen LogP) is 4.10. The Bertz CT molecular complexity index is 1310. The first-order valence-electron chi connectivity index (χ1n) is 13.6. The van der Waals surface area contributed by atoms with Gasteiger partial charge in [-0.1, -0.05) is 0 Å². The van der Waals surface area contributed by atoms with Crippen LogP contribution in [0.4, 0.5) is 10.2 Å². The molecule has 9 heteroatoms. The van der Waals surface area contributed by atoms with Crippen molar-refractivity contribution in [3.8, 4) is 11.5 Å². The zero-order valence-corrected chi connectivity index (χ0v) is 22.6. The van der Waals surface area contributed by atoms with Gasteiger partial charge in [0.05, 0.1) is 38.4 Å².